The van der Waals surface area contributed by atoms with Crippen LogP contribution in [0, 0.1) is 17.1 Å². The summed E-state index contributed by atoms with van der Waals surface area (Å²) in [5.74, 6) is 0.415. The van der Waals surface area contributed by atoms with Gasteiger partial charge in [-0.3, -0.25) is 5.41 Å². The summed E-state index contributed by atoms with van der Waals surface area (Å²) < 4.78 is 19.5. The number of hydrogen-bond donors (Lipinski definition) is 3. The summed E-state index contributed by atoms with van der Waals surface area (Å²) >= 11 is 0. The summed E-state index contributed by atoms with van der Waals surface area (Å²) in [6.45, 7) is 5.25. The van der Waals surface area contributed by atoms with Gasteiger partial charge >= 0.3 is 0 Å². The fraction of sp³-hybridized carbons (Fsp3) is 0.421. The van der Waals surface area contributed by atoms with Crippen LogP contribution in [0.5, 0.6) is 5.75 Å². The third-order valence-electron chi connectivity index (χ3n) is 4.51. The van der Waals surface area contributed by atoms with E-state index in [1.165, 1.54) is 12.4 Å². The van der Waals surface area contributed by atoms with Crippen LogP contribution in [0.25, 0.3) is 0 Å². The van der Waals surface area contributed by atoms with Crippen LogP contribution in [0.1, 0.15) is 31.5 Å². The molecule has 0 unspecified atom stereocenters. The standard InChI is InChI=1S/C19H24FN5O2/c1-11(2)27-17-5-13(15(21)6-14(17)20)19(22)16-7-18(24-10-23-16)25-4-3-12(8-25)9-26/h5-7,10-12,22,26H,3-4,8-9,21H2,1-2H3/t12-/m0/s1. The molecule has 144 valence electrons. The molecule has 1 aliphatic rings. The number of ether oxygens (including phenoxy) is 1. The van der Waals surface area contributed by atoms with Crippen LogP contribution in [0.4, 0.5) is 15.9 Å². The number of aromatic nitrogens is 2. The molecule has 8 heteroatoms. The molecule has 2 heterocycles. The smallest absolute Gasteiger partial charge is 0.167 e. The molecule has 0 spiro atoms. The molecule has 0 amide bonds. The number of nitrogens with zero attached hydrogens (tertiary/aromatic N) is 3. The Morgan fingerprint density at radius 1 is 1.41 bits per heavy atom. The van der Waals surface area contributed by atoms with Crippen molar-refractivity contribution in [1.29, 1.82) is 5.41 Å². The molecule has 2 aromatic rings. The third kappa shape index (κ3) is 4.16. The second-order valence-corrected chi connectivity index (χ2v) is 6.96. The number of nitrogens with one attached hydrogen (secondary N) is 1. The van der Waals surface area contributed by atoms with Crippen molar-refractivity contribution in [2.24, 2.45) is 5.92 Å². The first-order valence-electron chi connectivity index (χ1n) is 8.91. The zero-order chi connectivity index (χ0) is 19.6. The highest BCUT2D eigenvalue weighted by Gasteiger charge is 2.24. The lowest BCUT2D eigenvalue weighted by atomic mass is 10.0. The van der Waals surface area contributed by atoms with E-state index in [4.69, 9.17) is 15.9 Å². The van der Waals surface area contributed by atoms with Gasteiger partial charge in [0.15, 0.2) is 11.6 Å². The van der Waals surface area contributed by atoms with Gasteiger partial charge in [-0.2, -0.15) is 0 Å². The van der Waals surface area contributed by atoms with Crippen molar-refractivity contribution in [2.75, 3.05) is 30.3 Å². The average Bonchev–Trinajstić information content (AvgIpc) is 3.12. The maximum atomic E-state index is 14.1. The van der Waals surface area contributed by atoms with Crippen molar-refractivity contribution in [3.05, 3.63) is 41.6 Å². The first kappa shape index (κ1) is 19.0. The summed E-state index contributed by atoms with van der Waals surface area (Å²) in [4.78, 5) is 10.5. The van der Waals surface area contributed by atoms with Crippen molar-refractivity contribution < 1.29 is 14.2 Å². The molecule has 0 aliphatic carbocycles. The molecule has 1 fully saturated rings. The normalized spacial score (nSPS) is 16.8. The highest BCUT2D eigenvalue weighted by Crippen LogP contribution is 2.28. The number of hydrogen-bond acceptors (Lipinski definition) is 7. The second-order valence-electron chi connectivity index (χ2n) is 6.96. The molecule has 0 saturated carbocycles. The number of nitrogen functional groups attached to an aromatic ring is 1. The number of anilines is 2. The van der Waals surface area contributed by atoms with E-state index >= 15 is 0 Å². The van der Waals surface area contributed by atoms with Gasteiger partial charge in [0.25, 0.3) is 0 Å². The van der Waals surface area contributed by atoms with Crippen molar-refractivity contribution >= 4 is 17.2 Å². The molecule has 1 aromatic heterocycles. The van der Waals surface area contributed by atoms with Gasteiger partial charge in [0.05, 0.1) is 17.5 Å². The van der Waals surface area contributed by atoms with E-state index in [0.29, 0.717) is 23.6 Å². The van der Waals surface area contributed by atoms with Crippen LogP contribution < -0.4 is 15.4 Å². The summed E-state index contributed by atoms with van der Waals surface area (Å²) in [6.07, 6.45) is 2.09. The van der Waals surface area contributed by atoms with Crippen LogP contribution in [-0.4, -0.2) is 46.6 Å². The van der Waals surface area contributed by atoms with Gasteiger partial charge in [-0.15, -0.1) is 0 Å². The fourth-order valence-corrected chi connectivity index (χ4v) is 3.11. The van der Waals surface area contributed by atoms with E-state index in [-0.39, 0.29) is 35.8 Å². The molecule has 7 nitrogen and oxygen atoms in total. The Bertz CT molecular complexity index is 843. The topological polar surface area (TPSA) is 108 Å². The number of nitrogens with two attached hydrogens (primary N) is 1. The lowest BCUT2D eigenvalue weighted by Gasteiger charge is -2.18. The first-order chi connectivity index (χ1) is 12.9. The summed E-state index contributed by atoms with van der Waals surface area (Å²) in [5, 5.41) is 17.8. The Morgan fingerprint density at radius 2 is 2.19 bits per heavy atom. The van der Waals surface area contributed by atoms with Gasteiger partial charge in [-0.05, 0) is 26.3 Å². The van der Waals surface area contributed by atoms with Crippen LogP contribution in [0.3, 0.4) is 0 Å². The maximum Gasteiger partial charge on any atom is 0.167 e. The predicted molar refractivity (Wildman–Crippen MR) is 102 cm³/mol. The molecular formula is C19H24FN5O2. The molecular weight excluding hydrogens is 349 g/mol. The minimum atomic E-state index is -0.562. The summed E-state index contributed by atoms with van der Waals surface area (Å²) in [7, 11) is 0. The first-order valence-corrected chi connectivity index (χ1v) is 8.91. The Hall–Kier alpha value is -2.74. The third-order valence-corrected chi connectivity index (χ3v) is 4.51. The number of rotatable bonds is 6. The quantitative estimate of drug-likeness (QED) is 0.529. The molecule has 27 heavy (non-hydrogen) atoms. The zero-order valence-electron chi connectivity index (χ0n) is 15.4. The van der Waals surface area contributed by atoms with Crippen molar-refractivity contribution in [1.82, 2.24) is 9.97 Å². The van der Waals surface area contributed by atoms with Crippen LogP contribution >= 0.6 is 0 Å². The summed E-state index contributed by atoms with van der Waals surface area (Å²) in [6, 6.07) is 4.32. The minimum Gasteiger partial charge on any atom is -0.488 e. The van der Waals surface area contributed by atoms with E-state index < -0.39 is 5.82 Å². The van der Waals surface area contributed by atoms with Gasteiger partial charge in [0.1, 0.15) is 12.1 Å². The van der Waals surface area contributed by atoms with Crippen molar-refractivity contribution in [3.63, 3.8) is 0 Å². The average molecular weight is 373 g/mol. The molecule has 1 atom stereocenters. The van der Waals surface area contributed by atoms with Gasteiger partial charge < -0.3 is 20.5 Å². The second kappa shape index (κ2) is 7.87. The minimum absolute atomic E-state index is 0.0542. The number of halogens is 1. The van der Waals surface area contributed by atoms with Gasteiger partial charge in [0.2, 0.25) is 0 Å². The fourth-order valence-electron chi connectivity index (χ4n) is 3.11. The van der Waals surface area contributed by atoms with Crippen LogP contribution in [0.2, 0.25) is 0 Å². The highest BCUT2D eigenvalue weighted by atomic mass is 19.1. The number of benzene rings is 1. The maximum absolute atomic E-state index is 14.1. The van der Waals surface area contributed by atoms with Crippen molar-refractivity contribution in [2.45, 2.75) is 26.4 Å². The van der Waals surface area contributed by atoms with E-state index in [9.17, 15) is 9.50 Å². The SMILES string of the molecule is CC(C)Oc1cc(C(=N)c2cc(N3CC[C@H](CO)C3)ncn2)c(N)cc1F. The molecule has 1 saturated heterocycles. The summed E-state index contributed by atoms with van der Waals surface area (Å²) in [5.41, 5.74) is 6.90. The van der Waals surface area contributed by atoms with Gasteiger partial charge in [-0.25, -0.2) is 14.4 Å². The molecule has 0 bridgehead atoms. The monoisotopic (exact) mass is 373 g/mol. The predicted octanol–water partition coefficient (Wildman–Crippen LogP) is 2.22. The number of aliphatic hydroxyl groups excluding tert-OH is 1. The lowest BCUT2D eigenvalue weighted by molar-refractivity contribution is 0.231. The van der Waals surface area contributed by atoms with E-state index in [1.54, 1.807) is 19.9 Å². The molecule has 1 aliphatic heterocycles. The van der Waals surface area contributed by atoms with E-state index in [1.807, 2.05) is 0 Å². The van der Waals surface area contributed by atoms with Gasteiger partial charge in [0, 0.05) is 49.0 Å². The Labute approximate surface area is 157 Å². The molecule has 0 radical (unpaired) electrons. The number of aliphatic hydroxyl groups is 1. The van der Waals surface area contributed by atoms with E-state index in [2.05, 4.69) is 14.9 Å². The van der Waals surface area contributed by atoms with Crippen molar-refractivity contribution in [3.8, 4) is 5.75 Å². The molecule has 3 rings (SSSR count). The van der Waals surface area contributed by atoms with E-state index in [0.717, 1.165) is 19.0 Å². The van der Waals surface area contributed by atoms with Gasteiger partial charge in [-0.1, -0.05) is 0 Å². The van der Waals surface area contributed by atoms with Crippen LogP contribution in [0.15, 0.2) is 24.5 Å². The highest BCUT2D eigenvalue weighted by molar-refractivity contribution is 6.13. The lowest BCUT2D eigenvalue weighted by Crippen LogP contribution is -2.22. The molecule has 4 N–H and O–H groups in total. The zero-order valence-corrected chi connectivity index (χ0v) is 15.4. The van der Waals surface area contributed by atoms with Crippen LogP contribution in [-0.2, 0) is 0 Å². The molecule has 1 aromatic carbocycles. The largest absolute Gasteiger partial charge is 0.488 e. The Balaban J connectivity index is 1.89. The Morgan fingerprint density at radius 3 is 2.85 bits per heavy atom. The Kier molecular flexibility index (Phi) is 5.55.